The Morgan fingerprint density at radius 1 is 1.29 bits per heavy atom. The molecular formula is C16H22N4O. The van der Waals surface area contributed by atoms with Crippen molar-refractivity contribution in [2.45, 2.75) is 44.8 Å². The molecule has 0 bridgehead atoms. The minimum absolute atomic E-state index is 0.299. The zero-order valence-electron chi connectivity index (χ0n) is 12.6. The molecule has 1 aliphatic rings. The van der Waals surface area contributed by atoms with Crippen molar-refractivity contribution in [1.29, 1.82) is 0 Å². The van der Waals surface area contributed by atoms with E-state index in [9.17, 15) is 0 Å². The van der Waals surface area contributed by atoms with E-state index in [1.165, 1.54) is 12.8 Å². The van der Waals surface area contributed by atoms with Crippen molar-refractivity contribution in [3.63, 3.8) is 0 Å². The molecule has 0 spiro atoms. The number of H-pyrrole nitrogens is 1. The fourth-order valence-corrected chi connectivity index (χ4v) is 2.98. The lowest BCUT2D eigenvalue weighted by Gasteiger charge is -2.31. The van der Waals surface area contributed by atoms with Crippen molar-refractivity contribution in [1.82, 2.24) is 15.2 Å². The van der Waals surface area contributed by atoms with Gasteiger partial charge in [0.15, 0.2) is 5.82 Å². The molecule has 1 aromatic heterocycles. The second kappa shape index (κ2) is 6.26. The largest absolute Gasteiger partial charge is 0.380 e. The predicted octanol–water partition coefficient (Wildman–Crippen LogP) is 3.15. The van der Waals surface area contributed by atoms with Gasteiger partial charge in [-0.15, -0.1) is 0 Å². The van der Waals surface area contributed by atoms with Crippen LogP contribution in [0.15, 0.2) is 24.3 Å². The first kappa shape index (κ1) is 14.1. The van der Waals surface area contributed by atoms with Crippen molar-refractivity contribution < 1.29 is 4.74 Å². The van der Waals surface area contributed by atoms with E-state index >= 15 is 0 Å². The molecular weight excluding hydrogens is 264 g/mol. The molecule has 1 saturated carbocycles. The van der Waals surface area contributed by atoms with Crippen LogP contribution >= 0.6 is 0 Å². The van der Waals surface area contributed by atoms with Crippen LogP contribution in [0.5, 0.6) is 0 Å². The molecule has 0 saturated heterocycles. The van der Waals surface area contributed by atoms with E-state index in [0.717, 1.165) is 35.7 Å². The number of nitrogens with one attached hydrogen (secondary N) is 2. The van der Waals surface area contributed by atoms with Crippen LogP contribution in [0.25, 0.3) is 11.4 Å². The van der Waals surface area contributed by atoms with E-state index < -0.39 is 0 Å². The quantitative estimate of drug-likeness (QED) is 0.906. The van der Waals surface area contributed by atoms with Crippen LogP contribution in [0, 0.1) is 6.92 Å². The van der Waals surface area contributed by atoms with Gasteiger partial charge in [-0.05, 0) is 31.9 Å². The summed E-state index contributed by atoms with van der Waals surface area (Å²) in [6.07, 6.45) is 5.11. The predicted molar refractivity (Wildman–Crippen MR) is 83.2 cm³/mol. The molecule has 0 aliphatic heterocycles. The lowest BCUT2D eigenvalue weighted by Crippen LogP contribution is -2.37. The molecule has 1 heterocycles. The molecule has 5 heteroatoms. The maximum absolute atomic E-state index is 5.60. The zero-order valence-corrected chi connectivity index (χ0v) is 12.6. The summed E-state index contributed by atoms with van der Waals surface area (Å²) in [6.45, 7) is 1.91. The van der Waals surface area contributed by atoms with Gasteiger partial charge in [0.05, 0.1) is 12.1 Å². The Bertz CT molecular complexity index is 595. The first-order valence-corrected chi connectivity index (χ1v) is 7.55. The number of rotatable bonds is 4. The molecule has 1 aromatic carbocycles. The van der Waals surface area contributed by atoms with Gasteiger partial charge in [0, 0.05) is 18.4 Å². The number of ether oxygens (including phenoxy) is 1. The number of benzene rings is 1. The van der Waals surface area contributed by atoms with Gasteiger partial charge in [-0.2, -0.15) is 5.10 Å². The van der Waals surface area contributed by atoms with E-state index in [4.69, 9.17) is 4.74 Å². The number of aromatic nitrogens is 3. The molecule has 2 N–H and O–H groups in total. The van der Waals surface area contributed by atoms with Gasteiger partial charge in [-0.3, -0.25) is 5.10 Å². The van der Waals surface area contributed by atoms with Crippen LogP contribution in [0.4, 0.5) is 5.69 Å². The Morgan fingerprint density at radius 3 is 2.90 bits per heavy atom. The van der Waals surface area contributed by atoms with Crippen molar-refractivity contribution in [3.05, 3.63) is 30.1 Å². The summed E-state index contributed by atoms with van der Waals surface area (Å²) in [5, 5.41) is 10.7. The molecule has 112 valence electrons. The van der Waals surface area contributed by atoms with Gasteiger partial charge in [-0.1, -0.05) is 25.0 Å². The second-order valence-electron chi connectivity index (χ2n) is 5.63. The van der Waals surface area contributed by atoms with Gasteiger partial charge in [0.1, 0.15) is 5.82 Å². The summed E-state index contributed by atoms with van der Waals surface area (Å²) in [6, 6.07) is 8.64. The van der Waals surface area contributed by atoms with Crippen molar-refractivity contribution in [2.75, 3.05) is 12.4 Å². The minimum Gasteiger partial charge on any atom is -0.380 e. The molecule has 1 aliphatic carbocycles. The van der Waals surface area contributed by atoms with Gasteiger partial charge in [-0.25, -0.2) is 4.98 Å². The number of anilines is 1. The number of nitrogens with zero attached hydrogens (tertiary/aromatic N) is 2. The van der Waals surface area contributed by atoms with E-state index in [1.54, 1.807) is 7.11 Å². The number of hydrogen-bond donors (Lipinski definition) is 2. The highest BCUT2D eigenvalue weighted by Crippen LogP contribution is 2.26. The fraction of sp³-hybridized carbons (Fsp3) is 0.500. The van der Waals surface area contributed by atoms with Gasteiger partial charge in [0.2, 0.25) is 0 Å². The highest BCUT2D eigenvalue weighted by Gasteiger charge is 2.24. The fourth-order valence-electron chi connectivity index (χ4n) is 2.98. The Balaban J connectivity index is 1.76. The van der Waals surface area contributed by atoms with Crippen molar-refractivity contribution in [2.24, 2.45) is 0 Å². The average Bonchev–Trinajstić information content (AvgIpc) is 2.95. The maximum Gasteiger partial charge on any atom is 0.181 e. The maximum atomic E-state index is 5.60. The van der Waals surface area contributed by atoms with E-state index in [2.05, 4.69) is 32.6 Å². The number of aryl methyl sites for hydroxylation is 1. The standard InChI is InChI=1S/C16H22N4O/c1-11-17-16(20-19-11)12-6-5-7-13(10-12)18-14-8-3-4-9-15(14)21-2/h5-7,10,14-15,18H,3-4,8-9H2,1-2H3,(H,17,19,20). The molecule has 0 radical (unpaired) electrons. The summed E-state index contributed by atoms with van der Waals surface area (Å²) in [7, 11) is 1.80. The lowest BCUT2D eigenvalue weighted by molar-refractivity contribution is 0.0606. The molecule has 21 heavy (non-hydrogen) atoms. The lowest BCUT2D eigenvalue weighted by atomic mass is 9.92. The van der Waals surface area contributed by atoms with Crippen molar-refractivity contribution in [3.8, 4) is 11.4 Å². The smallest absolute Gasteiger partial charge is 0.181 e. The van der Waals surface area contributed by atoms with Crippen LogP contribution in [0.2, 0.25) is 0 Å². The summed E-state index contributed by atoms with van der Waals surface area (Å²) in [5.74, 6) is 1.57. The first-order valence-electron chi connectivity index (χ1n) is 7.55. The summed E-state index contributed by atoms with van der Waals surface area (Å²) >= 11 is 0. The monoisotopic (exact) mass is 286 g/mol. The minimum atomic E-state index is 0.299. The number of hydrogen-bond acceptors (Lipinski definition) is 4. The molecule has 1 fully saturated rings. The van der Waals surface area contributed by atoms with Crippen LogP contribution in [-0.4, -0.2) is 34.4 Å². The molecule has 2 unspecified atom stereocenters. The van der Waals surface area contributed by atoms with Crippen LogP contribution in [-0.2, 0) is 4.74 Å². The van der Waals surface area contributed by atoms with Crippen molar-refractivity contribution >= 4 is 5.69 Å². The topological polar surface area (TPSA) is 62.8 Å². The summed E-state index contributed by atoms with van der Waals surface area (Å²) in [4.78, 5) is 4.38. The molecule has 2 atom stereocenters. The molecule has 2 aromatic rings. The van der Waals surface area contributed by atoms with Gasteiger partial charge < -0.3 is 10.1 Å². The third-order valence-corrected chi connectivity index (χ3v) is 4.08. The average molecular weight is 286 g/mol. The molecule has 3 rings (SSSR count). The number of methoxy groups -OCH3 is 1. The summed E-state index contributed by atoms with van der Waals surface area (Å²) in [5.41, 5.74) is 2.12. The highest BCUT2D eigenvalue weighted by molar-refractivity contribution is 5.62. The highest BCUT2D eigenvalue weighted by atomic mass is 16.5. The first-order chi connectivity index (χ1) is 10.3. The summed E-state index contributed by atoms with van der Waals surface area (Å²) < 4.78 is 5.60. The van der Waals surface area contributed by atoms with Gasteiger partial charge in [0.25, 0.3) is 0 Å². The van der Waals surface area contributed by atoms with E-state index in [0.29, 0.717) is 12.1 Å². The van der Waals surface area contributed by atoms with E-state index in [1.807, 2.05) is 19.1 Å². The Morgan fingerprint density at radius 2 is 2.14 bits per heavy atom. The third-order valence-electron chi connectivity index (χ3n) is 4.08. The van der Waals surface area contributed by atoms with Crippen LogP contribution < -0.4 is 5.32 Å². The van der Waals surface area contributed by atoms with Gasteiger partial charge >= 0.3 is 0 Å². The normalized spacial score (nSPS) is 22.2. The number of aromatic amines is 1. The Kier molecular flexibility index (Phi) is 4.20. The van der Waals surface area contributed by atoms with Crippen LogP contribution in [0.3, 0.4) is 0 Å². The molecule has 0 amide bonds. The zero-order chi connectivity index (χ0) is 14.7. The van der Waals surface area contributed by atoms with Crippen LogP contribution in [0.1, 0.15) is 31.5 Å². The Hall–Kier alpha value is -1.88. The second-order valence-corrected chi connectivity index (χ2v) is 5.63. The van der Waals surface area contributed by atoms with E-state index in [-0.39, 0.29) is 0 Å². The Labute approximate surface area is 125 Å². The molecule has 5 nitrogen and oxygen atoms in total. The third kappa shape index (κ3) is 3.24. The SMILES string of the molecule is COC1CCCCC1Nc1cccc(-c2n[nH]c(C)n2)c1.